The minimum atomic E-state index is -0.253. The number of nitrogens with one attached hydrogen (secondary N) is 2. The number of benzene rings is 2. The van der Waals surface area contributed by atoms with Crippen molar-refractivity contribution in [2.45, 2.75) is 33.2 Å². The third-order valence-corrected chi connectivity index (χ3v) is 5.92. The number of aryl methyl sites for hydroxylation is 1. The number of allylic oxidation sites excluding steroid dienone is 1. The van der Waals surface area contributed by atoms with E-state index in [1.165, 1.54) is 12.1 Å². The van der Waals surface area contributed by atoms with Gasteiger partial charge in [-0.2, -0.15) is 5.10 Å². The van der Waals surface area contributed by atoms with Crippen LogP contribution in [0.15, 0.2) is 71.7 Å². The minimum Gasteiger partial charge on any atom is -0.354 e. The van der Waals surface area contributed by atoms with Crippen molar-refractivity contribution in [3.63, 3.8) is 0 Å². The second-order valence-electron chi connectivity index (χ2n) is 9.44. The molecule has 1 saturated heterocycles. The third kappa shape index (κ3) is 5.01. The number of carbonyl (C=O) groups is 1. The number of para-hydroxylation sites is 1. The molecule has 180 valence electrons. The lowest BCUT2D eigenvalue weighted by molar-refractivity contribution is 0.173. The number of anilines is 2. The Hall–Kier alpha value is -4.20. The molecule has 1 aliphatic rings. The predicted octanol–water partition coefficient (Wildman–Crippen LogP) is 4.68. The summed E-state index contributed by atoms with van der Waals surface area (Å²) >= 11 is 0. The SMILES string of the molecule is Cc1cc(N2CCN(C(C)(C)C)C2=O)ccc1-n1ccc(=O)c(/C(=C/C=N)Nc2ccccc2)n1. The van der Waals surface area contributed by atoms with Gasteiger partial charge in [-0.1, -0.05) is 18.2 Å². The topological polar surface area (TPSA) is 94.3 Å². The number of amides is 2. The number of aromatic nitrogens is 2. The first-order chi connectivity index (χ1) is 16.7. The summed E-state index contributed by atoms with van der Waals surface area (Å²) in [5.41, 5.74) is 3.49. The van der Waals surface area contributed by atoms with Gasteiger partial charge in [-0.3, -0.25) is 9.69 Å². The van der Waals surface area contributed by atoms with Gasteiger partial charge in [0.1, 0.15) is 0 Å². The number of urea groups is 1. The van der Waals surface area contributed by atoms with Gasteiger partial charge in [0.2, 0.25) is 5.43 Å². The standard InChI is InChI=1S/C27H30N6O2/c1-19-18-21(31-16-17-32(26(31)35)27(2,3)4)10-11-23(19)33-15-13-24(34)25(30-33)22(12-14-28)29-20-8-6-5-7-9-20/h5-15,18,28-29H,16-17H2,1-4H3/b22-12-,28-14?. The molecule has 3 aromatic rings. The summed E-state index contributed by atoms with van der Waals surface area (Å²) < 4.78 is 1.65. The number of carbonyl (C=O) groups excluding carboxylic acids is 1. The molecule has 0 unspecified atom stereocenters. The number of nitrogens with zero attached hydrogens (tertiary/aromatic N) is 4. The molecule has 2 N–H and O–H groups in total. The van der Waals surface area contributed by atoms with Crippen molar-refractivity contribution >= 4 is 29.3 Å². The fraction of sp³-hybridized carbons (Fsp3) is 0.259. The van der Waals surface area contributed by atoms with Crippen LogP contribution < -0.4 is 15.6 Å². The van der Waals surface area contributed by atoms with Crippen molar-refractivity contribution in [2.24, 2.45) is 0 Å². The summed E-state index contributed by atoms with van der Waals surface area (Å²) in [5, 5.41) is 15.3. The molecule has 35 heavy (non-hydrogen) atoms. The zero-order valence-electron chi connectivity index (χ0n) is 20.4. The van der Waals surface area contributed by atoms with Crippen LogP contribution in [0.5, 0.6) is 0 Å². The average Bonchev–Trinajstić information content (AvgIpc) is 3.22. The van der Waals surface area contributed by atoms with Crippen LogP contribution in [0.2, 0.25) is 0 Å². The van der Waals surface area contributed by atoms with Gasteiger partial charge < -0.3 is 15.6 Å². The Morgan fingerprint density at radius 1 is 1.06 bits per heavy atom. The highest BCUT2D eigenvalue weighted by molar-refractivity contribution is 5.95. The molecule has 0 saturated carbocycles. The van der Waals surface area contributed by atoms with E-state index >= 15 is 0 Å². The largest absolute Gasteiger partial charge is 0.354 e. The molecule has 0 spiro atoms. The lowest BCUT2D eigenvalue weighted by Gasteiger charge is -2.31. The molecular weight excluding hydrogens is 440 g/mol. The summed E-state index contributed by atoms with van der Waals surface area (Å²) in [4.78, 5) is 29.3. The first-order valence-corrected chi connectivity index (χ1v) is 11.5. The number of hydrogen-bond donors (Lipinski definition) is 2. The van der Waals surface area contributed by atoms with Crippen molar-refractivity contribution in [2.75, 3.05) is 23.3 Å². The van der Waals surface area contributed by atoms with Crippen molar-refractivity contribution in [3.05, 3.63) is 88.4 Å². The van der Waals surface area contributed by atoms with E-state index in [-0.39, 0.29) is 22.7 Å². The molecular formula is C27H30N6O2. The van der Waals surface area contributed by atoms with E-state index in [9.17, 15) is 9.59 Å². The Labute approximate surface area is 205 Å². The van der Waals surface area contributed by atoms with E-state index in [1.54, 1.807) is 15.8 Å². The van der Waals surface area contributed by atoms with E-state index in [0.717, 1.165) is 28.8 Å². The van der Waals surface area contributed by atoms with Gasteiger partial charge in [0.15, 0.2) is 5.69 Å². The Morgan fingerprint density at radius 2 is 1.80 bits per heavy atom. The van der Waals surface area contributed by atoms with Gasteiger partial charge in [-0.25, -0.2) is 9.48 Å². The third-order valence-electron chi connectivity index (χ3n) is 5.92. The summed E-state index contributed by atoms with van der Waals surface area (Å²) in [5.74, 6) is 0. The zero-order valence-corrected chi connectivity index (χ0v) is 20.4. The van der Waals surface area contributed by atoms with Gasteiger partial charge >= 0.3 is 6.03 Å². The summed E-state index contributed by atoms with van der Waals surface area (Å²) in [6, 6.07) is 16.7. The molecule has 0 atom stereocenters. The summed E-state index contributed by atoms with van der Waals surface area (Å²) in [6.07, 6.45) is 4.26. The van der Waals surface area contributed by atoms with Crippen molar-refractivity contribution < 1.29 is 4.79 Å². The summed E-state index contributed by atoms with van der Waals surface area (Å²) in [6.45, 7) is 9.39. The molecule has 1 aromatic heterocycles. The van der Waals surface area contributed by atoms with E-state index < -0.39 is 0 Å². The predicted molar refractivity (Wildman–Crippen MR) is 141 cm³/mol. The van der Waals surface area contributed by atoms with Gasteiger partial charge in [0.05, 0.1) is 11.4 Å². The average molecular weight is 471 g/mol. The number of rotatable bonds is 6. The van der Waals surface area contributed by atoms with Gasteiger partial charge in [-0.15, -0.1) is 0 Å². The molecule has 8 nitrogen and oxygen atoms in total. The molecule has 2 heterocycles. The molecule has 4 rings (SSSR count). The van der Waals surface area contributed by atoms with Crippen LogP contribution in [0.25, 0.3) is 11.4 Å². The van der Waals surface area contributed by atoms with Crippen LogP contribution in [-0.2, 0) is 0 Å². The lowest BCUT2D eigenvalue weighted by atomic mass is 10.1. The first-order valence-electron chi connectivity index (χ1n) is 11.5. The monoisotopic (exact) mass is 470 g/mol. The molecule has 2 amide bonds. The Kier molecular flexibility index (Phi) is 6.55. The van der Waals surface area contributed by atoms with E-state index in [4.69, 9.17) is 5.41 Å². The minimum absolute atomic E-state index is 0.00170. The fourth-order valence-electron chi connectivity index (χ4n) is 4.13. The quantitative estimate of drug-likeness (QED) is 0.511. The van der Waals surface area contributed by atoms with Crippen LogP contribution in [0, 0.1) is 12.3 Å². The maximum absolute atomic E-state index is 13.0. The maximum Gasteiger partial charge on any atom is 0.325 e. The molecule has 1 aliphatic heterocycles. The number of hydrogen-bond acceptors (Lipinski definition) is 5. The van der Waals surface area contributed by atoms with Crippen molar-refractivity contribution in [3.8, 4) is 5.69 Å². The molecule has 0 aliphatic carbocycles. The first kappa shape index (κ1) is 23.9. The van der Waals surface area contributed by atoms with E-state index in [1.807, 2.05) is 81.1 Å². The van der Waals surface area contributed by atoms with Crippen LogP contribution >= 0.6 is 0 Å². The highest BCUT2D eigenvalue weighted by Gasteiger charge is 2.36. The summed E-state index contributed by atoms with van der Waals surface area (Å²) in [7, 11) is 0. The highest BCUT2D eigenvalue weighted by Crippen LogP contribution is 2.28. The Balaban J connectivity index is 1.65. The van der Waals surface area contributed by atoms with E-state index in [0.29, 0.717) is 18.8 Å². The van der Waals surface area contributed by atoms with Gasteiger partial charge in [0.25, 0.3) is 0 Å². The van der Waals surface area contributed by atoms with Crippen LogP contribution in [0.4, 0.5) is 16.2 Å². The molecule has 0 bridgehead atoms. The highest BCUT2D eigenvalue weighted by atomic mass is 16.2. The van der Waals surface area contributed by atoms with Crippen LogP contribution in [0.3, 0.4) is 0 Å². The van der Waals surface area contributed by atoms with Gasteiger partial charge in [-0.05, 0) is 69.7 Å². The lowest BCUT2D eigenvalue weighted by Crippen LogP contribution is -2.44. The molecule has 0 radical (unpaired) electrons. The smallest absolute Gasteiger partial charge is 0.325 e. The van der Waals surface area contributed by atoms with Crippen LogP contribution in [0.1, 0.15) is 32.0 Å². The normalized spacial score (nSPS) is 14.4. The van der Waals surface area contributed by atoms with Crippen molar-refractivity contribution in [1.82, 2.24) is 14.7 Å². The van der Waals surface area contributed by atoms with Crippen molar-refractivity contribution in [1.29, 1.82) is 5.41 Å². The maximum atomic E-state index is 13.0. The van der Waals surface area contributed by atoms with Gasteiger partial charge in [0, 0.05) is 48.5 Å². The molecule has 1 fully saturated rings. The van der Waals surface area contributed by atoms with E-state index in [2.05, 4.69) is 10.4 Å². The second kappa shape index (κ2) is 9.58. The molecule has 2 aromatic carbocycles. The second-order valence-corrected chi connectivity index (χ2v) is 9.44. The molecule has 8 heteroatoms. The Bertz CT molecular complexity index is 1340. The van der Waals surface area contributed by atoms with Crippen LogP contribution in [-0.4, -0.2) is 45.6 Å². The Morgan fingerprint density at radius 3 is 2.43 bits per heavy atom. The zero-order chi connectivity index (χ0) is 25.2. The fourth-order valence-corrected chi connectivity index (χ4v) is 4.13.